The summed E-state index contributed by atoms with van der Waals surface area (Å²) in [4.78, 5) is 40.6. The first-order valence-electron chi connectivity index (χ1n) is 14.3. The standard InChI is InChI=1S/C35H34ClN3O5S/c1-4-32(35(42)38-28-21-25(36)18-19-31(28)43-3)45-27-16-11-15-26(22-27)37-34(41)29(39-33(40)23-12-7-6-8-13-23)20-24-14-9-10-17-30(24)44-5-2/h6-22,32H,4-5H2,1-3H3,(H,37,41)(H,38,42)(H,39,40)/b29-20+. The molecule has 0 fully saturated rings. The zero-order chi connectivity index (χ0) is 32.2. The second-order valence-corrected chi connectivity index (χ2v) is 11.4. The molecule has 3 N–H and O–H groups in total. The van der Waals surface area contributed by atoms with Crippen LogP contribution in [0.2, 0.25) is 5.02 Å². The van der Waals surface area contributed by atoms with Gasteiger partial charge in [-0.25, -0.2) is 0 Å². The van der Waals surface area contributed by atoms with Crippen molar-refractivity contribution >= 4 is 58.5 Å². The molecule has 1 atom stereocenters. The summed E-state index contributed by atoms with van der Waals surface area (Å²) in [6.45, 7) is 4.23. The van der Waals surface area contributed by atoms with Crippen LogP contribution in [0.1, 0.15) is 36.2 Å². The highest BCUT2D eigenvalue weighted by molar-refractivity contribution is 8.00. The minimum absolute atomic E-state index is 0.0374. The summed E-state index contributed by atoms with van der Waals surface area (Å²) in [6.07, 6.45) is 2.13. The molecule has 0 saturated carbocycles. The average Bonchev–Trinajstić information content (AvgIpc) is 3.05. The molecule has 45 heavy (non-hydrogen) atoms. The molecule has 0 aromatic heterocycles. The largest absolute Gasteiger partial charge is 0.495 e. The minimum atomic E-state index is -0.523. The third-order valence-electron chi connectivity index (χ3n) is 6.50. The number of hydrogen-bond acceptors (Lipinski definition) is 6. The quantitative estimate of drug-likeness (QED) is 0.102. The van der Waals surface area contributed by atoms with E-state index in [1.54, 1.807) is 78.9 Å². The first-order valence-corrected chi connectivity index (χ1v) is 15.6. The molecule has 0 heterocycles. The Morgan fingerprint density at radius 2 is 1.62 bits per heavy atom. The summed E-state index contributed by atoms with van der Waals surface area (Å²) in [5.41, 5.74) is 2.06. The number of rotatable bonds is 13. The molecule has 4 aromatic rings. The van der Waals surface area contributed by atoms with Crippen molar-refractivity contribution in [2.45, 2.75) is 30.4 Å². The van der Waals surface area contributed by atoms with Crippen LogP contribution < -0.4 is 25.4 Å². The Morgan fingerprint density at radius 1 is 0.867 bits per heavy atom. The van der Waals surface area contributed by atoms with Crippen LogP contribution in [-0.4, -0.2) is 36.7 Å². The lowest BCUT2D eigenvalue weighted by molar-refractivity contribution is -0.116. The van der Waals surface area contributed by atoms with Crippen LogP contribution in [0.3, 0.4) is 0 Å². The molecular weight excluding hydrogens is 610 g/mol. The highest BCUT2D eigenvalue weighted by atomic mass is 35.5. The summed E-state index contributed by atoms with van der Waals surface area (Å²) in [7, 11) is 1.52. The van der Waals surface area contributed by atoms with Gasteiger partial charge in [0, 0.05) is 26.7 Å². The van der Waals surface area contributed by atoms with Crippen LogP contribution in [-0.2, 0) is 9.59 Å². The number of halogens is 1. The molecule has 0 radical (unpaired) electrons. The molecule has 4 rings (SSSR count). The van der Waals surface area contributed by atoms with Crippen LogP contribution in [0.25, 0.3) is 6.08 Å². The number of thioether (sulfide) groups is 1. The molecule has 1 unspecified atom stereocenters. The molecule has 10 heteroatoms. The maximum Gasteiger partial charge on any atom is 0.272 e. The Morgan fingerprint density at radius 3 is 2.36 bits per heavy atom. The maximum atomic E-state index is 13.6. The van der Waals surface area contributed by atoms with Gasteiger partial charge < -0.3 is 25.4 Å². The first kappa shape index (κ1) is 33.2. The number of carbonyl (C=O) groups is 3. The summed E-state index contributed by atoms with van der Waals surface area (Å²) in [6, 6.07) is 28.1. The van der Waals surface area contributed by atoms with Gasteiger partial charge in [0.05, 0.1) is 24.7 Å². The van der Waals surface area contributed by atoms with Gasteiger partial charge in [0.1, 0.15) is 17.2 Å². The summed E-state index contributed by atoms with van der Waals surface area (Å²) in [5.74, 6) is -0.0745. The van der Waals surface area contributed by atoms with Crippen molar-refractivity contribution in [3.8, 4) is 11.5 Å². The zero-order valence-electron chi connectivity index (χ0n) is 25.1. The summed E-state index contributed by atoms with van der Waals surface area (Å²) >= 11 is 7.49. The van der Waals surface area contributed by atoms with Gasteiger partial charge in [-0.05, 0) is 74.0 Å². The van der Waals surface area contributed by atoms with E-state index >= 15 is 0 Å². The van der Waals surface area contributed by atoms with Gasteiger partial charge >= 0.3 is 0 Å². The van der Waals surface area contributed by atoms with Crippen LogP contribution in [0, 0.1) is 0 Å². The van der Waals surface area contributed by atoms with E-state index in [0.29, 0.717) is 52.1 Å². The highest BCUT2D eigenvalue weighted by Crippen LogP contribution is 2.32. The number of amides is 3. The lowest BCUT2D eigenvalue weighted by Crippen LogP contribution is -2.30. The molecule has 0 aliphatic carbocycles. The predicted octanol–water partition coefficient (Wildman–Crippen LogP) is 7.67. The fourth-order valence-corrected chi connectivity index (χ4v) is 5.49. The van der Waals surface area contributed by atoms with E-state index in [2.05, 4.69) is 16.0 Å². The molecule has 0 saturated heterocycles. The number of methoxy groups -OCH3 is 1. The number of nitrogens with one attached hydrogen (secondary N) is 3. The van der Waals surface area contributed by atoms with Gasteiger partial charge in [-0.1, -0.05) is 61.0 Å². The van der Waals surface area contributed by atoms with Crippen molar-refractivity contribution in [2.24, 2.45) is 0 Å². The molecular formula is C35H34ClN3O5S. The number of carbonyl (C=O) groups excluding carboxylic acids is 3. The molecule has 3 amide bonds. The SMILES string of the molecule is CCOc1ccccc1/C=C(/NC(=O)c1ccccc1)C(=O)Nc1cccc(SC(CC)C(=O)Nc2cc(Cl)ccc2OC)c1. The van der Waals surface area contributed by atoms with Gasteiger partial charge in [0.15, 0.2) is 0 Å². The van der Waals surface area contributed by atoms with Crippen LogP contribution in [0.5, 0.6) is 11.5 Å². The van der Waals surface area contributed by atoms with Crippen molar-refractivity contribution in [1.82, 2.24) is 5.32 Å². The number of para-hydroxylation sites is 1. The van der Waals surface area contributed by atoms with Gasteiger partial charge in [0.25, 0.3) is 11.8 Å². The van der Waals surface area contributed by atoms with Gasteiger partial charge in [-0.15, -0.1) is 11.8 Å². The van der Waals surface area contributed by atoms with Crippen LogP contribution in [0.15, 0.2) is 108 Å². The Balaban J connectivity index is 1.54. The fraction of sp³-hybridized carbons (Fsp3) is 0.171. The Kier molecular flexibility index (Phi) is 12.1. The average molecular weight is 644 g/mol. The second-order valence-electron chi connectivity index (χ2n) is 9.68. The zero-order valence-corrected chi connectivity index (χ0v) is 26.7. The van der Waals surface area contributed by atoms with E-state index in [-0.39, 0.29) is 11.6 Å². The van der Waals surface area contributed by atoms with Crippen molar-refractivity contribution in [3.63, 3.8) is 0 Å². The lowest BCUT2D eigenvalue weighted by atomic mass is 10.1. The number of anilines is 2. The maximum absolute atomic E-state index is 13.6. The van der Waals surface area contributed by atoms with Crippen LogP contribution in [0.4, 0.5) is 11.4 Å². The lowest BCUT2D eigenvalue weighted by Gasteiger charge is -2.17. The monoisotopic (exact) mass is 643 g/mol. The predicted molar refractivity (Wildman–Crippen MR) is 181 cm³/mol. The molecule has 0 bridgehead atoms. The number of hydrogen-bond donors (Lipinski definition) is 3. The summed E-state index contributed by atoms with van der Waals surface area (Å²) in [5, 5.41) is 8.59. The number of benzene rings is 4. The first-order chi connectivity index (χ1) is 21.8. The van der Waals surface area contributed by atoms with Crippen molar-refractivity contribution in [1.29, 1.82) is 0 Å². The van der Waals surface area contributed by atoms with Gasteiger partial charge in [-0.3, -0.25) is 14.4 Å². The topological polar surface area (TPSA) is 106 Å². The Hall–Kier alpha value is -4.73. The van der Waals surface area contributed by atoms with E-state index in [0.717, 1.165) is 4.90 Å². The fourth-order valence-electron chi connectivity index (χ4n) is 4.31. The second kappa shape index (κ2) is 16.4. The van der Waals surface area contributed by atoms with Gasteiger partial charge in [-0.2, -0.15) is 0 Å². The third-order valence-corrected chi connectivity index (χ3v) is 8.09. The summed E-state index contributed by atoms with van der Waals surface area (Å²) < 4.78 is 11.1. The van der Waals surface area contributed by atoms with E-state index in [1.807, 2.05) is 38.1 Å². The Labute approximate surface area is 272 Å². The number of ether oxygens (including phenoxy) is 2. The van der Waals surface area contributed by atoms with E-state index in [9.17, 15) is 14.4 Å². The van der Waals surface area contributed by atoms with Crippen molar-refractivity contribution in [3.05, 3.63) is 119 Å². The Bertz CT molecular complexity index is 1680. The molecule has 4 aromatic carbocycles. The smallest absolute Gasteiger partial charge is 0.272 e. The normalized spacial score (nSPS) is 11.7. The van der Waals surface area contributed by atoms with E-state index in [1.165, 1.54) is 18.9 Å². The molecule has 232 valence electrons. The molecule has 8 nitrogen and oxygen atoms in total. The highest BCUT2D eigenvalue weighted by Gasteiger charge is 2.21. The molecule has 0 aliphatic rings. The van der Waals surface area contributed by atoms with Gasteiger partial charge in [0.2, 0.25) is 5.91 Å². The molecule has 0 spiro atoms. The van der Waals surface area contributed by atoms with E-state index in [4.69, 9.17) is 21.1 Å². The van der Waals surface area contributed by atoms with Crippen molar-refractivity contribution in [2.75, 3.05) is 24.4 Å². The van der Waals surface area contributed by atoms with E-state index < -0.39 is 17.1 Å². The third kappa shape index (κ3) is 9.38. The molecule has 0 aliphatic heterocycles. The van der Waals surface area contributed by atoms with Crippen LogP contribution >= 0.6 is 23.4 Å². The van der Waals surface area contributed by atoms with Crippen molar-refractivity contribution < 1.29 is 23.9 Å². The minimum Gasteiger partial charge on any atom is -0.495 e.